The van der Waals surface area contributed by atoms with E-state index < -0.39 is 248 Å². The molecule has 724 valence electrons. The van der Waals surface area contributed by atoms with Crippen molar-refractivity contribution in [1.82, 2.24) is 97.2 Å². The number of fused-ring (bicyclic) bond motifs is 4. The van der Waals surface area contributed by atoms with Crippen molar-refractivity contribution in [2.75, 3.05) is 75.4 Å². The first-order chi connectivity index (χ1) is 62.7. The van der Waals surface area contributed by atoms with E-state index in [0.717, 1.165) is 16.2 Å². The average Bonchev–Trinajstić information content (AvgIpc) is 1.61. The van der Waals surface area contributed by atoms with Gasteiger partial charge < -0.3 is 146 Å². The molecule has 6 saturated heterocycles. The van der Waals surface area contributed by atoms with Crippen LogP contribution in [0.4, 0.5) is 29.4 Å². The van der Waals surface area contributed by atoms with Crippen molar-refractivity contribution in [2.45, 2.75) is 166 Å². The van der Waals surface area contributed by atoms with Crippen LogP contribution in [0.1, 0.15) is 89.5 Å². The largest absolute Gasteiger partial charge is 0.394 e. The van der Waals surface area contributed by atoms with Gasteiger partial charge in [-0.2, -0.15) is 15.0 Å². The third-order valence-electron chi connectivity index (χ3n) is 23.1. The summed E-state index contributed by atoms with van der Waals surface area (Å²) in [6.07, 6.45) is -12.8. The maximum Gasteiger partial charge on any atom is 0.351 e. The van der Waals surface area contributed by atoms with E-state index >= 15 is 0 Å². The Balaban J connectivity index is 0.636. The minimum Gasteiger partial charge on any atom is -0.394 e. The lowest BCUT2D eigenvalue weighted by Crippen LogP contribution is -2.36. The van der Waals surface area contributed by atoms with Gasteiger partial charge in [0.25, 0.3) is 16.7 Å². The molecule has 6 fully saturated rings. The summed E-state index contributed by atoms with van der Waals surface area (Å²) in [7, 11) is 1.14. The lowest BCUT2D eigenvalue weighted by Gasteiger charge is -2.30. The predicted molar refractivity (Wildman–Crippen MR) is 484 cm³/mol. The number of aromatic nitrogens is 20. The summed E-state index contributed by atoms with van der Waals surface area (Å²) in [4.78, 5) is 191. The van der Waals surface area contributed by atoms with Crippen molar-refractivity contribution in [3.8, 4) is 0 Å². The lowest BCUT2D eigenvalue weighted by molar-refractivity contribution is -0.0574. The number of hydrogen-bond acceptors (Lipinski definition) is 46. The normalized spacial score (nSPS) is 31.3. The maximum atomic E-state index is 13.8. The molecule has 6 aliphatic rings. The molecule has 10 aromatic heterocycles. The summed E-state index contributed by atoms with van der Waals surface area (Å²) in [6.45, 7) is -20.2. The monoisotopic (exact) mass is 2090 g/mol. The molecule has 55 nitrogen and oxygen atoms in total. The molecule has 12 unspecified atom stereocenters. The summed E-state index contributed by atoms with van der Waals surface area (Å²) >= 11 is 33.9. The number of nitrogens with zero attached hydrogens (tertiary/aromatic N) is 17. The molecule has 0 radical (unpaired) electrons. The molecule has 0 spiro atoms. The van der Waals surface area contributed by atoms with Crippen LogP contribution in [0.5, 0.6) is 0 Å². The molecule has 16 heterocycles. The van der Waals surface area contributed by atoms with Crippen molar-refractivity contribution >= 4 is 185 Å². The topological polar surface area (TPSA) is 742 Å². The van der Waals surface area contributed by atoms with Gasteiger partial charge in [0, 0.05) is 66.6 Å². The molecular formula is C66H89N25O30P6S6. The lowest BCUT2D eigenvalue weighted by atomic mass is 10.0. The Morgan fingerprint density at radius 3 is 1.15 bits per heavy atom. The van der Waals surface area contributed by atoms with Gasteiger partial charge in [-0.05, 0) is 84.7 Å². The maximum absolute atomic E-state index is 13.8. The number of anilines is 5. The number of aliphatic hydroxyl groups excluding tert-OH is 1. The van der Waals surface area contributed by atoms with Crippen molar-refractivity contribution in [3.05, 3.63) is 114 Å². The highest BCUT2D eigenvalue weighted by atomic mass is 32.5. The highest BCUT2D eigenvalue weighted by Crippen LogP contribution is 2.60. The summed E-state index contributed by atoms with van der Waals surface area (Å²) in [6, 6.07) is 0. The molecule has 133 heavy (non-hydrogen) atoms. The number of rotatable bonds is 35. The first kappa shape index (κ1) is 99.3. The zero-order chi connectivity index (χ0) is 95.5. The molecule has 16 rings (SSSR count). The Hall–Kier alpha value is -6.74. The number of ether oxygens (including phenoxy) is 6. The van der Waals surface area contributed by atoms with Gasteiger partial charge >= 0.3 is 51.7 Å². The number of imidazole rings is 4. The number of H-pyrrole nitrogens is 3. The van der Waals surface area contributed by atoms with E-state index in [0.29, 0.717) is 5.56 Å². The molecule has 0 aromatic carbocycles. The van der Waals surface area contributed by atoms with Crippen LogP contribution in [0, 0.1) is 43.4 Å². The second-order valence-corrected chi connectivity index (χ2v) is 48.7. The molecule has 29 atom stereocenters. The molecule has 0 saturated carbocycles. The number of aromatic amines is 3. The Morgan fingerprint density at radius 2 is 0.744 bits per heavy atom. The molecule has 0 bridgehead atoms. The Labute approximate surface area is 778 Å². The second kappa shape index (κ2) is 38.8. The van der Waals surface area contributed by atoms with Gasteiger partial charge in [-0.3, -0.25) is 56.7 Å². The van der Waals surface area contributed by atoms with Crippen molar-refractivity contribution in [2.24, 2.45) is 29.6 Å². The van der Waals surface area contributed by atoms with E-state index in [2.05, 4.69) is 69.8 Å². The van der Waals surface area contributed by atoms with Crippen LogP contribution in [-0.4, -0.2) is 252 Å². The Kier molecular flexibility index (Phi) is 29.0. The fourth-order valence-electron chi connectivity index (χ4n) is 16.5. The zero-order valence-electron chi connectivity index (χ0n) is 70.5. The quantitative estimate of drug-likeness (QED) is 0.0241. The fourth-order valence-corrected chi connectivity index (χ4v) is 25.1. The van der Waals surface area contributed by atoms with Gasteiger partial charge in [-0.1, -0.05) is 34.6 Å². The van der Waals surface area contributed by atoms with Crippen molar-refractivity contribution in [3.63, 3.8) is 0 Å². The molecule has 20 N–H and O–H groups in total. The Bertz CT molecular complexity index is 6740. The van der Waals surface area contributed by atoms with Gasteiger partial charge in [0.15, 0.2) is 45.3 Å². The highest BCUT2D eigenvalue weighted by molar-refractivity contribution is 8.08. The van der Waals surface area contributed by atoms with E-state index in [1.165, 1.54) is 75.5 Å². The van der Waals surface area contributed by atoms with Gasteiger partial charge in [0.1, 0.15) is 134 Å². The number of aryl methyl sites for hydroxylation is 2. The second-order valence-electron chi connectivity index (χ2n) is 31.8. The molecule has 0 amide bonds. The van der Waals surface area contributed by atoms with E-state index in [9.17, 15) is 58.4 Å². The fraction of sp³-hybridized carbons (Fsp3) is 0.576. The molecule has 67 heteroatoms. The van der Waals surface area contributed by atoms with Crippen molar-refractivity contribution in [1.29, 1.82) is 0 Å². The van der Waals surface area contributed by atoms with Crippen LogP contribution in [0.2, 0.25) is 0 Å². The minimum absolute atomic E-state index is 0.00556. The number of nitrogens with two attached hydrogens (primary N) is 5. The molecule has 0 aliphatic carbocycles. The molecular weight excluding hydrogens is 2000 g/mol. The van der Waals surface area contributed by atoms with E-state index in [4.69, 9.17) is 182 Å². The van der Waals surface area contributed by atoms with Crippen molar-refractivity contribution < 1.29 is 117 Å². The van der Waals surface area contributed by atoms with Crippen LogP contribution in [0.25, 0.3) is 44.7 Å². The highest BCUT2D eigenvalue weighted by Gasteiger charge is 2.55. The third-order valence-corrected chi connectivity index (χ3v) is 32.6. The average molecular weight is 2090 g/mol. The minimum atomic E-state index is -4.75. The summed E-state index contributed by atoms with van der Waals surface area (Å²) in [5.74, 6) is -5.20. The summed E-state index contributed by atoms with van der Waals surface area (Å²) < 4.78 is 120. The van der Waals surface area contributed by atoms with E-state index in [-0.39, 0.29) is 86.0 Å². The van der Waals surface area contributed by atoms with Crippen LogP contribution < -0.4 is 56.7 Å². The predicted octanol–water partition coefficient (Wildman–Crippen LogP) is 0.556. The van der Waals surface area contributed by atoms with Gasteiger partial charge in [-0.15, -0.1) is 0 Å². The SMILES string of the molecule is COP(O)(=S)OC1C[C@H](n2cnc3c(=O)[nH]c(N)nc32)O[C@@H]1COP(O)(=S)OC1[C@@H](COP(O)(=S)OC2[C@@H](COP(O)(=S)OC3[C@@H](COP(O)(=S)OC4[C@@H](COP(O)(=S)OC5[C@@H](CO)O[C@@H](n6cc(C)c(=O)[nH]c6=O)[C@H]5C)O[C@@H](n5cnc6c(=O)[nH]c(N)nc65)[C@H]4C)O[C@@H](n4cc(C)c(N)nc4=O)[C@H]3C)O[C@@H](n3cnc4c(N)ncnc43)[C@H]2C)O[C@@H](n2cnc3c(N)ncnc32)[C@H]1C. The van der Waals surface area contributed by atoms with Gasteiger partial charge in [0.05, 0.1) is 71.1 Å². The first-order valence-electron chi connectivity index (χ1n) is 40.1. The molecule has 6 aliphatic heterocycles. The van der Waals surface area contributed by atoms with Gasteiger partial charge in [0.2, 0.25) is 11.9 Å². The van der Waals surface area contributed by atoms with Gasteiger partial charge in [-0.25, -0.2) is 49.5 Å². The van der Waals surface area contributed by atoms with Crippen LogP contribution in [0.15, 0.2) is 74.3 Å². The number of aliphatic hydroxyl groups is 1. The standard InChI is InChI=1S/C66H89N25O30P6S6/c1-24-10-86(65(96)80-48(24)67)59-27(4)44(34(112-59)14-107-126(102,132)121-47-30(7)62(91-23-79-42-54(91)82-64(71)84-57(42)95)115-37(47)17-106-124(100,130)117-43-26(3)58(111-32(43)12-92)87-11-25(2)55(93)85-66(87)97)118-125(101,131)108-16-36-46(29(6)61(114-36)90-22-77-40-50(69)73-19-75-52(40)90)120-127(103,133)109-15-35-45(28(5)60(113-35)89-21-76-39-49(68)72-18-74-51(39)89)119-123(99,129)105-13-33-31(116-122(98,128)104-8)9-38(110-33)88-20-78-41-53(88)81-63(70)83-56(41)94/h10-11,18-23,26-38,43-47,58-62,92H,9,12-17H2,1-8H3,(H,98,128)(H,99,129)(H,100,130)(H,101,131)(H,102,132)(H,103,133)(H2,67,80,96)(H2,68,72,74)(H2,69,73,75)(H,85,93,97)(H3,70,81,83,94)(H3,71,82,84,95)/t26-,27-,28-,29-,30-,31?,32+,33+,34+,35+,36+,37+,38+,43?,44?,45?,46?,47?,58+,59+,60+,61+,62+,122?,123?,124?,125?,126?,127?/m0/s1. The summed E-state index contributed by atoms with van der Waals surface area (Å²) in [5.41, 5.74) is 27.8. The van der Waals surface area contributed by atoms with E-state index in [1.54, 1.807) is 41.5 Å². The Morgan fingerprint density at radius 1 is 0.398 bits per heavy atom. The van der Waals surface area contributed by atoms with Crippen LogP contribution in [-0.2, 0) is 154 Å². The summed E-state index contributed by atoms with van der Waals surface area (Å²) in [5, 5.41) is 10.5. The number of nitrogen functional groups attached to an aromatic ring is 5. The smallest absolute Gasteiger partial charge is 0.351 e. The van der Waals surface area contributed by atoms with Crippen LogP contribution in [0.3, 0.4) is 0 Å². The number of nitrogens with one attached hydrogen (secondary N) is 3. The zero-order valence-corrected chi connectivity index (χ0v) is 80.8. The third kappa shape index (κ3) is 20.8. The molecule has 10 aromatic rings. The first-order valence-corrected chi connectivity index (χ1v) is 55.6. The van der Waals surface area contributed by atoms with E-state index in [1.807, 2.05) is 0 Å². The van der Waals surface area contributed by atoms with Crippen LogP contribution >= 0.6 is 40.3 Å². The number of hydrogen-bond donors (Lipinski definition) is 15.